The van der Waals surface area contributed by atoms with Crippen molar-refractivity contribution in [3.05, 3.63) is 47.2 Å². The number of carbonyl (C=O) groups excluding carboxylic acids is 2. The van der Waals surface area contributed by atoms with Crippen LogP contribution >= 0.6 is 0 Å². The number of allylic oxidation sites excluding steroid dienone is 2. The Labute approximate surface area is 181 Å². The van der Waals surface area contributed by atoms with Gasteiger partial charge in [0.15, 0.2) is 17.9 Å². The van der Waals surface area contributed by atoms with Crippen molar-refractivity contribution in [2.24, 2.45) is 5.41 Å². The van der Waals surface area contributed by atoms with Crippen LogP contribution in [0, 0.1) is 5.41 Å². The Morgan fingerprint density at radius 3 is 2.32 bits per heavy atom. The minimum absolute atomic E-state index is 0.0760. The Morgan fingerprint density at radius 2 is 1.74 bits per heavy atom. The van der Waals surface area contributed by atoms with Crippen LogP contribution in [0.25, 0.3) is 0 Å². The number of nitrogens with one attached hydrogen (secondary N) is 1. The fraction of sp³-hybridized carbons (Fsp3) is 0.565. The van der Waals surface area contributed by atoms with Gasteiger partial charge in [-0.25, -0.2) is 0 Å². The second-order valence-electron chi connectivity index (χ2n) is 9.04. The van der Waals surface area contributed by atoms with E-state index in [4.69, 9.17) is 9.47 Å². The van der Waals surface area contributed by atoms with Gasteiger partial charge in [-0.15, -0.1) is 0 Å². The average molecular weight is 434 g/mol. The molecular formula is C23H31NO7. The highest BCUT2D eigenvalue weighted by atomic mass is 16.7. The molecule has 1 aromatic rings. The van der Waals surface area contributed by atoms with Crippen LogP contribution in [0.5, 0.6) is 0 Å². The number of benzene rings is 1. The summed E-state index contributed by atoms with van der Waals surface area (Å²) >= 11 is 0. The van der Waals surface area contributed by atoms with Crippen molar-refractivity contribution >= 4 is 11.6 Å². The van der Waals surface area contributed by atoms with E-state index in [1.54, 1.807) is 6.92 Å². The molecule has 0 unspecified atom stereocenters. The monoisotopic (exact) mass is 433 g/mol. The highest BCUT2D eigenvalue weighted by Gasteiger charge is 2.46. The van der Waals surface area contributed by atoms with Gasteiger partial charge in [0.1, 0.15) is 24.4 Å². The van der Waals surface area contributed by atoms with Crippen LogP contribution in [-0.4, -0.2) is 64.1 Å². The minimum Gasteiger partial charge on any atom is -0.394 e. The second kappa shape index (κ2) is 9.58. The maximum Gasteiger partial charge on any atom is 0.181 e. The van der Waals surface area contributed by atoms with Gasteiger partial charge in [0.25, 0.3) is 0 Å². The molecule has 170 valence electrons. The second-order valence-corrected chi connectivity index (χ2v) is 9.04. The first-order valence-electron chi connectivity index (χ1n) is 10.4. The third kappa shape index (κ3) is 5.39. The van der Waals surface area contributed by atoms with Gasteiger partial charge < -0.3 is 30.1 Å². The number of aliphatic hydroxyl groups is 3. The molecule has 1 saturated heterocycles. The Bertz CT molecular complexity index is 814. The molecule has 4 N–H and O–H groups in total. The van der Waals surface area contributed by atoms with Crippen molar-refractivity contribution in [2.45, 2.75) is 70.9 Å². The fourth-order valence-electron chi connectivity index (χ4n) is 4.14. The van der Waals surface area contributed by atoms with Crippen LogP contribution in [0.3, 0.4) is 0 Å². The van der Waals surface area contributed by atoms with Crippen molar-refractivity contribution < 1.29 is 34.4 Å². The lowest BCUT2D eigenvalue weighted by Gasteiger charge is -2.43. The molecule has 1 heterocycles. The lowest BCUT2D eigenvalue weighted by molar-refractivity contribution is -0.273. The van der Waals surface area contributed by atoms with E-state index in [-0.39, 0.29) is 36.6 Å². The molecule has 2 aliphatic rings. The summed E-state index contributed by atoms with van der Waals surface area (Å²) in [7, 11) is 0. The van der Waals surface area contributed by atoms with Crippen molar-refractivity contribution in [1.82, 2.24) is 5.32 Å². The predicted molar refractivity (Wildman–Crippen MR) is 112 cm³/mol. The standard InChI is InChI=1S/C23H31NO7/c1-13(18-15(26)9-23(2,3)10-16(18)27)24-19-21(29)20(28)17(11-25)31-22(19)30-12-14-7-5-4-6-8-14/h4-8,17,19-22,24-25,28-29H,9-12H2,1-3H3/t17-,19+,20-,21-,22+/m1/s1. The molecule has 8 heteroatoms. The molecule has 5 atom stereocenters. The number of ether oxygens (including phenoxy) is 2. The largest absolute Gasteiger partial charge is 0.394 e. The van der Waals surface area contributed by atoms with E-state index in [2.05, 4.69) is 5.32 Å². The molecular weight excluding hydrogens is 402 g/mol. The smallest absolute Gasteiger partial charge is 0.181 e. The SMILES string of the molecule is CC(N[C@@H]1[C@@H](OCc2ccccc2)O[C@H](CO)[C@@H](O)[C@@H]1O)=C1C(=O)CC(C)(C)CC1=O. The molecule has 1 saturated carbocycles. The van der Waals surface area contributed by atoms with Crippen LogP contribution in [0.1, 0.15) is 39.2 Å². The zero-order valence-electron chi connectivity index (χ0n) is 18.1. The molecule has 0 spiro atoms. The summed E-state index contributed by atoms with van der Waals surface area (Å²) in [6.07, 6.45) is -4.28. The minimum atomic E-state index is -1.37. The average Bonchev–Trinajstić information content (AvgIpc) is 2.70. The number of ketones is 2. The van der Waals surface area contributed by atoms with Gasteiger partial charge in [-0.2, -0.15) is 0 Å². The van der Waals surface area contributed by atoms with Crippen molar-refractivity contribution in [1.29, 1.82) is 0 Å². The Hall–Kier alpha value is -2.10. The van der Waals surface area contributed by atoms with E-state index < -0.39 is 42.7 Å². The summed E-state index contributed by atoms with van der Waals surface area (Å²) in [6, 6.07) is 8.39. The third-order valence-corrected chi connectivity index (χ3v) is 5.73. The van der Waals surface area contributed by atoms with Crippen molar-refractivity contribution in [3.63, 3.8) is 0 Å². The Morgan fingerprint density at radius 1 is 1.13 bits per heavy atom. The van der Waals surface area contributed by atoms with E-state index in [0.717, 1.165) is 5.56 Å². The van der Waals surface area contributed by atoms with Crippen LogP contribution in [0.2, 0.25) is 0 Å². The molecule has 8 nitrogen and oxygen atoms in total. The summed E-state index contributed by atoms with van der Waals surface area (Å²) in [5.74, 6) is -0.513. The van der Waals surface area contributed by atoms with Gasteiger partial charge >= 0.3 is 0 Å². The lowest BCUT2D eigenvalue weighted by Crippen LogP contribution is -2.63. The first-order chi connectivity index (χ1) is 14.6. The molecule has 1 aromatic carbocycles. The molecule has 0 amide bonds. The maximum atomic E-state index is 12.6. The predicted octanol–water partition coefficient (Wildman–Crippen LogP) is 0.833. The van der Waals surface area contributed by atoms with Gasteiger partial charge in [-0.3, -0.25) is 9.59 Å². The van der Waals surface area contributed by atoms with E-state index in [1.807, 2.05) is 44.2 Å². The van der Waals surface area contributed by atoms with Crippen LogP contribution in [0.4, 0.5) is 0 Å². The Kier molecular flexibility index (Phi) is 7.28. The fourth-order valence-corrected chi connectivity index (χ4v) is 4.14. The number of carbonyl (C=O) groups is 2. The molecule has 0 aromatic heterocycles. The number of Topliss-reactive ketones (excluding diaryl/α,β-unsaturated/α-hetero) is 2. The molecule has 2 fully saturated rings. The maximum absolute atomic E-state index is 12.6. The van der Waals surface area contributed by atoms with Crippen LogP contribution in [0.15, 0.2) is 41.6 Å². The summed E-state index contributed by atoms with van der Waals surface area (Å²) < 4.78 is 11.5. The molecule has 31 heavy (non-hydrogen) atoms. The highest BCUT2D eigenvalue weighted by molar-refractivity contribution is 6.22. The summed E-state index contributed by atoms with van der Waals surface area (Å²) in [5, 5.41) is 33.5. The van der Waals surface area contributed by atoms with E-state index in [0.29, 0.717) is 5.70 Å². The van der Waals surface area contributed by atoms with Crippen LogP contribution < -0.4 is 5.32 Å². The quantitative estimate of drug-likeness (QED) is 0.384. The molecule has 0 radical (unpaired) electrons. The molecule has 3 rings (SSSR count). The van der Waals surface area contributed by atoms with Crippen molar-refractivity contribution in [2.75, 3.05) is 6.61 Å². The number of hydrogen-bond donors (Lipinski definition) is 4. The topological polar surface area (TPSA) is 125 Å². The van der Waals surface area contributed by atoms with E-state index >= 15 is 0 Å². The first-order valence-corrected chi connectivity index (χ1v) is 10.4. The Balaban J connectivity index is 1.82. The zero-order valence-corrected chi connectivity index (χ0v) is 18.1. The van der Waals surface area contributed by atoms with E-state index in [1.165, 1.54) is 0 Å². The van der Waals surface area contributed by atoms with Gasteiger partial charge in [-0.1, -0.05) is 44.2 Å². The number of hydrogen-bond acceptors (Lipinski definition) is 8. The zero-order chi connectivity index (χ0) is 22.8. The molecule has 1 aliphatic heterocycles. The summed E-state index contributed by atoms with van der Waals surface area (Å²) in [5.41, 5.74) is 0.867. The molecule has 1 aliphatic carbocycles. The third-order valence-electron chi connectivity index (χ3n) is 5.73. The van der Waals surface area contributed by atoms with Crippen LogP contribution in [-0.2, 0) is 25.7 Å². The highest BCUT2D eigenvalue weighted by Crippen LogP contribution is 2.34. The van der Waals surface area contributed by atoms with Gasteiger partial charge in [-0.05, 0) is 17.9 Å². The summed E-state index contributed by atoms with van der Waals surface area (Å²) in [6.45, 7) is 5.02. The normalized spacial score (nSPS) is 30.9. The molecule has 0 bridgehead atoms. The van der Waals surface area contributed by atoms with E-state index in [9.17, 15) is 24.9 Å². The summed E-state index contributed by atoms with van der Waals surface area (Å²) in [4.78, 5) is 25.2. The van der Waals surface area contributed by atoms with Gasteiger partial charge in [0.2, 0.25) is 0 Å². The van der Waals surface area contributed by atoms with Gasteiger partial charge in [0.05, 0.1) is 18.8 Å². The first kappa shape index (κ1) is 23.6. The number of aliphatic hydroxyl groups excluding tert-OH is 3. The number of rotatable bonds is 6. The van der Waals surface area contributed by atoms with Crippen molar-refractivity contribution in [3.8, 4) is 0 Å². The van der Waals surface area contributed by atoms with Gasteiger partial charge in [0, 0.05) is 18.5 Å². The lowest BCUT2D eigenvalue weighted by atomic mass is 9.73.